The smallest absolute Gasteiger partial charge is 0.505 e. The summed E-state index contributed by atoms with van der Waals surface area (Å²) < 4.78 is 12.9. The normalized spacial score (nSPS) is 14.6. The summed E-state index contributed by atoms with van der Waals surface area (Å²) in [4.78, 5) is 0. The van der Waals surface area contributed by atoms with Crippen LogP contribution >= 0.6 is 0 Å². The lowest BCUT2D eigenvalue weighted by atomic mass is 10.3. The molecule has 0 saturated heterocycles. The van der Waals surface area contributed by atoms with Crippen LogP contribution in [0, 0.1) is 9.24 Å². The summed E-state index contributed by atoms with van der Waals surface area (Å²) >= 11 is -0.392. The molecule has 1 aliphatic heterocycles. The van der Waals surface area contributed by atoms with Crippen molar-refractivity contribution in [2.75, 3.05) is 13.2 Å². The zero-order chi connectivity index (χ0) is 13.1. The minimum atomic E-state index is -0.392. The fourth-order valence-electron chi connectivity index (χ4n) is 1.70. The Balaban J connectivity index is 2.32. The van der Waals surface area contributed by atoms with Crippen molar-refractivity contribution in [3.8, 4) is 0 Å². The standard InChI is InChI=1S/C14H24ClO2.Al.H/c1-3-5-7-11-16-13-14(9-10-15)17-12-8-6-4-2;;/h9-10H,3-8,11-12H2,1-2H3;;/q;+1;. The molecule has 0 amide bonds. The molecular weight excluding hydrogens is 263 g/mol. The van der Waals surface area contributed by atoms with Crippen LogP contribution in [0.25, 0.3) is 0 Å². The minimum absolute atomic E-state index is 0.392. The van der Waals surface area contributed by atoms with Gasteiger partial charge in [0.1, 0.15) is 10.2 Å². The van der Waals surface area contributed by atoms with Crippen molar-refractivity contribution in [3.05, 3.63) is 22.0 Å². The molecule has 1 heterocycles. The highest BCUT2D eigenvalue weighted by Gasteiger charge is 2.28. The number of halogens is 1. The highest BCUT2D eigenvalue weighted by molar-refractivity contribution is 6.34. The molecule has 0 radical (unpaired) electrons. The molecule has 4 heteroatoms. The molecule has 1 aliphatic rings. The number of unbranched alkanes of at least 4 members (excludes halogenated alkanes) is 4. The topological polar surface area (TPSA) is 18.5 Å². The van der Waals surface area contributed by atoms with E-state index in [1.807, 2.05) is 6.08 Å². The second-order valence-corrected chi connectivity index (χ2v) is 7.68. The van der Waals surface area contributed by atoms with Crippen LogP contribution in [-0.4, -0.2) is 27.5 Å². The predicted molar refractivity (Wildman–Crippen MR) is 74.3 cm³/mol. The Morgan fingerprint density at radius 1 is 1.00 bits per heavy atom. The molecule has 0 spiro atoms. The number of ether oxygens (including phenoxy) is 2. The highest BCUT2D eigenvalue weighted by atomic mass is 35.6. The van der Waals surface area contributed by atoms with Gasteiger partial charge >= 0.3 is 14.3 Å². The lowest BCUT2D eigenvalue weighted by molar-refractivity contribution is -0.435. The van der Waals surface area contributed by atoms with E-state index in [9.17, 15) is 0 Å². The molecule has 0 atom stereocenters. The van der Waals surface area contributed by atoms with E-state index < -0.39 is 14.3 Å². The molecule has 0 bridgehead atoms. The summed E-state index contributed by atoms with van der Waals surface area (Å²) in [5, 5.41) is 0. The van der Waals surface area contributed by atoms with Gasteiger partial charge in [-0.05, 0) is 22.1 Å². The Morgan fingerprint density at radius 2 is 1.67 bits per heavy atom. The van der Waals surface area contributed by atoms with E-state index in [2.05, 4.69) is 28.6 Å². The zero-order valence-electron chi connectivity index (χ0n) is 11.7. The van der Waals surface area contributed by atoms with Gasteiger partial charge in [0.15, 0.2) is 5.76 Å². The first-order valence-corrected chi connectivity index (χ1v) is 10.4. The number of allylic oxidation sites excluding steroid dienone is 1. The fraction of sp³-hybridized carbons (Fsp3) is 0.714. The van der Waals surface area contributed by atoms with Gasteiger partial charge in [-0.25, -0.2) is 0 Å². The highest BCUT2D eigenvalue weighted by Crippen LogP contribution is 2.15. The van der Waals surface area contributed by atoms with Crippen molar-refractivity contribution in [1.29, 1.82) is 0 Å². The van der Waals surface area contributed by atoms with Crippen molar-refractivity contribution < 1.29 is 18.7 Å². The predicted octanol–water partition coefficient (Wildman–Crippen LogP) is 3.53. The second-order valence-electron chi connectivity index (χ2n) is 4.48. The molecule has 1 rings (SSSR count). The lowest BCUT2D eigenvalue weighted by Gasteiger charge is -2.13. The molecule has 0 aliphatic carbocycles. The van der Waals surface area contributed by atoms with E-state index in [0.29, 0.717) is 0 Å². The van der Waals surface area contributed by atoms with Crippen molar-refractivity contribution in [1.82, 2.24) is 0 Å². The molecule has 0 saturated carbocycles. The average molecular weight is 288 g/mol. The van der Waals surface area contributed by atoms with Gasteiger partial charge in [0.2, 0.25) is 0 Å². The Bertz CT molecular complexity index is 277. The van der Waals surface area contributed by atoms with E-state index in [4.69, 9.17) is 9.47 Å². The molecule has 0 aromatic heterocycles. The van der Waals surface area contributed by atoms with Gasteiger partial charge in [0, 0.05) is 6.08 Å². The van der Waals surface area contributed by atoms with E-state index in [1.54, 1.807) is 0 Å². The maximum Gasteiger partial charge on any atom is 0.791 e. The fourth-order valence-corrected chi connectivity index (χ4v) is 4.28. The summed E-state index contributed by atoms with van der Waals surface area (Å²) in [6.07, 6.45) is 9.31. The van der Waals surface area contributed by atoms with Gasteiger partial charge in [-0.15, -0.1) is 0 Å². The van der Waals surface area contributed by atoms with Crippen LogP contribution in [-0.2, 0) is 9.47 Å². The van der Waals surface area contributed by atoms with Crippen molar-refractivity contribution >= 4 is 14.3 Å². The van der Waals surface area contributed by atoms with Gasteiger partial charge in [-0.3, -0.25) is 0 Å². The lowest BCUT2D eigenvalue weighted by Crippen LogP contribution is -2.12. The van der Waals surface area contributed by atoms with Crippen molar-refractivity contribution in [3.63, 3.8) is 0 Å². The largest absolute Gasteiger partial charge is 0.791 e. The average Bonchev–Trinajstić information content (AvgIpc) is 2.41. The molecule has 0 aromatic rings. The minimum Gasteiger partial charge on any atom is -0.505 e. The van der Waals surface area contributed by atoms with Crippen LogP contribution in [0.5, 0.6) is 0 Å². The molecule has 102 valence electrons. The molecular formula is C14H25AlClO2+. The summed E-state index contributed by atoms with van der Waals surface area (Å²) in [7, 11) is 2.37. The third-order valence-electron chi connectivity index (χ3n) is 2.81. The van der Waals surface area contributed by atoms with Crippen molar-refractivity contribution in [2.24, 2.45) is 0 Å². The Labute approximate surface area is 120 Å². The van der Waals surface area contributed by atoms with Gasteiger partial charge in [-0.2, -0.15) is 0 Å². The molecule has 18 heavy (non-hydrogen) atoms. The maximum atomic E-state index is 5.89. The molecule has 0 aromatic carbocycles. The van der Waals surface area contributed by atoms with Crippen LogP contribution in [0.4, 0.5) is 0 Å². The van der Waals surface area contributed by atoms with Gasteiger partial charge in [0.25, 0.3) is 0 Å². The Morgan fingerprint density at radius 3 is 2.33 bits per heavy atom. The summed E-state index contributed by atoms with van der Waals surface area (Å²) in [5.74, 6) is 0.994. The van der Waals surface area contributed by atoms with E-state index >= 15 is 0 Å². The first-order valence-electron chi connectivity index (χ1n) is 7.11. The number of hydrogen-bond donors (Lipinski definition) is 0. The quantitative estimate of drug-likeness (QED) is 0.452. The van der Waals surface area contributed by atoms with Crippen LogP contribution in [0.3, 0.4) is 0 Å². The molecule has 0 fully saturated rings. The summed E-state index contributed by atoms with van der Waals surface area (Å²) in [6, 6.07) is 0. The summed E-state index contributed by atoms with van der Waals surface area (Å²) in [6.45, 7) is 6.09. The van der Waals surface area contributed by atoms with E-state index in [0.717, 1.165) is 36.4 Å². The molecule has 0 N–H and O–H groups in total. The zero-order valence-corrected chi connectivity index (χ0v) is 13.9. The van der Waals surface area contributed by atoms with Crippen LogP contribution in [0.2, 0.25) is 0 Å². The third kappa shape index (κ3) is 6.73. The molecule has 0 unspecified atom stereocenters. The van der Waals surface area contributed by atoms with Crippen molar-refractivity contribution in [2.45, 2.75) is 52.4 Å². The van der Waals surface area contributed by atoms with Gasteiger partial charge in [-0.1, -0.05) is 39.5 Å². The second kappa shape index (κ2) is 10.8. The third-order valence-corrected chi connectivity index (χ3v) is 5.79. The number of rotatable bonds is 10. The summed E-state index contributed by atoms with van der Waals surface area (Å²) in [5.41, 5.74) is 2.10. The number of hydrogen-bond acceptors (Lipinski definition) is 2. The first kappa shape index (κ1) is 16.0. The van der Waals surface area contributed by atoms with E-state index in [1.165, 1.54) is 25.7 Å². The SMILES string of the molecule is CCCCCOC1=[C](OCCCCC)[AlH][Cl+]C=C1. The van der Waals surface area contributed by atoms with Gasteiger partial charge in [0.05, 0.1) is 13.2 Å². The Hall–Kier alpha value is -0.0975. The first-order chi connectivity index (χ1) is 8.88. The molecule has 2 nitrogen and oxygen atoms in total. The van der Waals surface area contributed by atoms with Crippen LogP contribution in [0.1, 0.15) is 52.4 Å². The Kier molecular flexibility index (Phi) is 9.57. The maximum absolute atomic E-state index is 5.89. The van der Waals surface area contributed by atoms with Crippen LogP contribution in [0.15, 0.2) is 22.0 Å². The van der Waals surface area contributed by atoms with Crippen LogP contribution < -0.4 is 0 Å². The van der Waals surface area contributed by atoms with Gasteiger partial charge < -0.3 is 9.47 Å². The monoisotopic (exact) mass is 287 g/mol. The van der Waals surface area contributed by atoms with E-state index in [-0.39, 0.29) is 0 Å².